The van der Waals surface area contributed by atoms with Crippen molar-refractivity contribution in [1.29, 1.82) is 0 Å². The number of ketones is 1. The molecule has 1 fully saturated rings. The molecule has 1 atom stereocenters. The summed E-state index contributed by atoms with van der Waals surface area (Å²) in [6, 6.07) is 8.06. The third-order valence-corrected chi connectivity index (χ3v) is 4.32. The first-order valence-electron chi connectivity index (χ1n) is 7.29. The van der Waals surface area contributed by atoms with Gasteiger partial charge in [0.25, 0.3) is 0 Å². The van der Waals surface area contributed by atoms with Crippen molar-refractivity contribution in [3.8, 4) is 5.75 Å². The first-order chi connectivity index (χ1) is 9.44. The summed E-state index contributed by atoms with van der Waals surface area (Å²) in [6.07, 6.45) is 2.03. The molecule has 0 saturated heterocycles. The molecule has 1 aromatic carbocycles. The van der Waals surface area contributed by atoms with Crippen LogP contribution in [0.2, 0.25) is 0 Å². The highest BCUT2D eigenvalue weighted by Gasteiger charge is 2.40. The van der Waals surface area contributed by atoms with Crippen LogP contribution < -0.4 is 4.74 Å². The van der Waals surface area contributed by atoms with E-state index in [1.807, 2.05) is 18.2 Å². The molecule has 1 aliphatic carbocycles. The summed E-state index contributed by atoms with van der Waals surface area (Å²) < 4.78 is 5.38. The van der Waals surface area contributed by atoms with E-state index in [0.717, 1.165) is 31.7 Å². The molecule has 3 nitrogen and oxygen atoms in total. The second kappa shape index (κ2) is 5.96. The average Bonchev–Trinajstić information content (AvgIpc) is 2.66. The van der Waals surface area contributed by atoms with Crippen LogP contribution in [0.5, 0.6) is 5.75 Å². The minimum atomic E-state index is -0.129. The highest BCUT2D eigenvalue weighted by molar-refractivity contribution is 5.88. The smallest absolute Gasteiger partial charge is 0.142 e. The molecule has 1 aliphatic rings. The summed E-state index contributed by atoms with van der Waals surface area (Å²) in [5.41, 5.74) is 1.04. The summed E-state index contributed by atoms with van der Waals surface area (Å²) in [7, 11) is 3.77. The van der Waals surface area contributed by atoms with Crippen LogP contribution in [0.1, 0.15) is 32.3 Å². The van der Waals surface area contributed by atoms with Crippen LogP contribution in [-0.2, 0) is 11.3 Å². The van der Waals surface area contributed by atoms with E-state index in [2.05, 4.69) is 31.9 Å². The molecule has 110 valence electrons. The summed E-state index contributed by atoms with van der Waals surface area (Å²) in [6.45, 7) is 5.78. The number of carbonyl (C=O) groups is 1. The monoisotopic (exact) mass is 275 g/mol. The lowest BCUT2D eigenvalue weighted by atomic mass is 9.89. The van der Waals surface area contributed by atoms with E-state index in [-0.39, 0.29) is 11.3 Å². The molecule has 1 aromatic rings. The number of hydrogen-bond acceptors (Lipinski definition) is 3. The largest absolute Gasteiger partial charge is 0.496 e. The summed E-state index contributed by atoms with van der Waals surface area (Å²) in [5, 5.41) is 0. The fraction of sp³-hybridized carbons (Fsp3) is 0.588. The van der Waals surface area contributed by atoms with Gasteiger partial charge in [0.2, 0.25) is 0 Å². The molecule has 3 heteroatoms. The lowest BCUT2D eigenvalue weighted by Crippen LogP contribution is -2.31. The fourth-order valence-corrected chi connectivity index (χ4v) is 3.08. The molecule has 2 rings (SSSR count). The van der Waals surface area contributed by atoms with Gasteiger partial charge in [0, 0.05) is 30.0 Å². The molecule has 0 aromatic heterocycles. The van der Waals surface area contributed by atoms with E-state index in [1.54, 1.807) is 7.11 Å². The van der Waals surface area contributed by atoms with Crippen molar-refractivity contribution in [3.05, 3.63) is 29.8 Å². The quantitative estimate of drug-likeness (QED) is 0.827. The Morgan fingerprint density at radius 3 is 2.65 bits per heavy atom. The Morgan fingerprint density at radius 2 is 2.05 bits per heavy atom. The molecule has 1 unspecified atom stereocenters. The van der Waals surface area contributed by atoms with Gasteiger partial charge < -0.3 is 9.64 Å². The van der Waals surface area contributed by atoms with Crippen molar-refractivity contribution in [2.75, 3.05) is 20.7 Å². The molecular formula is C17H25NO2. The van der Waals surface area contributed by atoms with Crippen LogP contribution in [0.3, 0.4) is 0 Å². The van der Waals surface area contributed by atoms with E-state index in [4.69, 9.17) is 4.74 Å². The number of nitrogens with zero attached hydrogens (tertiary/aromatic N) is 1. The molecule has 20 heavy (non-hydrogen) atoms. The Morgan fingerprint density at radius 1 is 1.35 bits per heavy atom. The number of rotatable bonds is 5. The SMILES string of the molecule is COc1ccccc1CN(C)CC1CCC(C)(C)C1=O. The molecule has 0 spiro atoms. The molecule has 0 N–H and O–H groups in total. The average molecular weight is 275 g/mol. The van der Waals surface area contributed by atoms with Crippen LogP contribution in [0.25, 0.3) is 0 Å². The number of Topliss-reactive ketones (excluding diaryl/α,β-unsaturated/α-hetero) is 1. The first-order valence-corrected chi connectivity index (χ1v) is 7.29. The van der Waals surface area contributed by atoms with Crippen LogP contribution in [-0.4, -0.2) is 31.4 Å². The molecular weight excluding hydrogens is 250 g/mol. The first kappa shape index (κ1) is 15.0. The highest BCUT2D eigenvalue weighted by Crippen LogP contribution is 2.37. The van der Waals surface area contributed by atoms with Crippen LogP contribution >= 0.6 is 0 Å². The third kappa shape index (κ3) is 3.21. The van der Waals surface area contributed by atoms with Gasteiger partial charge in [-0.15, -0.1) is 0 Å². The maximum atomic E-state index is 12.3. The van der Waals surface area contributed by atoms with Gasteiger partial charge in [0.1, 0.15) is 11.5 Å². The van der Waals surface area contributed by atoms with E-state index in [0.29, 0.717) is 5.78 Å². The van der Waals surface area contributed by atoms with Gasteiger partial charge in [-0.25, -0.2) is 0 Å². The minimum absolute atomic E-state index is 0.129. The van der Waals surface area contributed by atoms with Gasteiger partial charge in [0.15, 0.2) is 0 Å². The van der Waals surface area contributed by atoms with Crippen molar-refractivity contribution < 1.29 is 9.53 Å². The number of methoxy groups -OCH3 is 1. The van der Waals surface area contributed by atoms with E-state index in [9.17, 15) is 4.79 Å². The normalized spacial score (nSPS) is 21.4. The highest BCUT2D eigenvalue weighted by atomic mass is 16.5. The summed E-state index contributed by atoms with van der Waals surface area (Å²) >= 11 is 0. The molecule has 0 aliphatic heterocycles. The predicted octanol–water partition coefficient (Wildman–Crippen LogP) is 3.13. The maximum Gasteiger partial charge on any atom is 0.142 e. The van der Waals surface area contributed by atoms with Crippen molar-refractivity contribution >= 4 is 5.78 Å². The molecule has 0 bridgehead atoms. The van der Waals surface area contributed by atoms with Gasteiger partial charge in [-0.2, -0.15) is 0 Å². The second-order valence-electron chi connectivity index (χ2n) is 6.49. The number of carbonyl (C=O) groups excluding carboxylic acids is 1. The molecule has 1 saturated carbocycles. The fourth-order valence-electron chi connectivity index (χ4n) is 3.08. The molecule has 0 heterocycles. The van der Waals surface area contributed by atoms with Crippen LogP contribution in [0.15, 0.2) is 24.3 Å². The summed E-state index contributed by atoms with van der Waals surface area (Å²) in [5.74, 6) is 1.52. The Kier molecular flexibility index (Phi) is 4.48. The zero-order valence-electron chi connectivity index (χ0n) is 13.0. The second-order valence-corrected chi connectivity index (χ2v) is 6.49. The van der Waals surface area contributed by atoms with Crippen molar-refractivity contribution in [2.45, 2.75) is 33.2 Å². The Bertz CT molecular complexity index is 482. The number of ether oxygens (including phenoxy) is 1. The van der Waals surface area contributed by atoms with Crippen LogP contribution in [0, 0.1) is 11.3 Å². The molecule has 0 radical (unpaired) electrons. The molecule has 0 amide bonds. The van der Waals surface area contributed by atoms with Crippen molar-refractivity contribution in [2.24, 2.45) is 11.3 Å². The van der Waals surface area contributed by atoms with Crippen molar-refractivity contribution in [1.82, 2.24) is 4.90 Å². The Balaban J connectivity index is 1.96. The number of para-hydroxylation sites is 1. The third-order valence-electron chi connectivity index (χ3n) is 4.32. The minimum Gasteiger partial charge on any atom is -0.496 e. The Labute approximate surface area is 121 Å². The van der Waals surface area contributed by atoms with E-state index >= 15 is 0 Å². The van der Waals surface area contributed by atoms with Gasteiger partial charge >= 0.3 is 0 Å². The predicted molar refractivity (Wildman–Crippen MR) is 80.8 cm³/mol. The van der Waals surface area contributed by atoms with Gasteiger partial charge in [0.05, 0.1) is 7.11 Å². The number of benzene rings is 1. The zero-order valence-corrected chi connectivity index (χ0v) is 13.0. The lowest BCUT2D eigenvalue weighted by Gasteiger charge is -2.22. The lowest BCUT2D eigenvalue weighted by molar-refractivity contribution is -0.127. The van der Waals surface area contributed by atoms with Gasteiger partial charge in [-0.3, -0.25) is 4.79 Å². The van der Waals surface area contributed by atoms with Crippen LogP contribution in [0.4, 0.5) is 0 Å². The number of hydrogen-bond donors (Lipinski definition) is 0. The standard InChI is InChI=1S/C17H25NO2/c1-17(2)10-9-14(16(17)19)12-18(3)11-13-7-5-6-8-15(13)20-4/h5-8,14H,9-12H2,1-4H3. The Hall–Kier alpha value is -1.35. The maximum absolute atomic E-state index is 12.3. The van der Waals surface area contributed by atoms with E-state index in [1.165, 1.54) is 5.56 Å². The summed E-state index contributed by atoms with van der Waals surface area (Å²) in [4.78, 5) is 14.5. The van der Waals surface area contributed by atoms with Crippen molar-refractivity contribution in [3.63, 3.8) is 0 Å². The van der Waals surface area contributed by atoms with E-state index < -0.39 is 0 Å². The van der Waals surface area contributed by atoms with Gasteiger partial charge in [-0.05, 0) is 26.0 Å². The topological polar surface area (TPSA) is 29.5 Å². The van der Waals surface area contributed by atoms with Gasteiger partial charge in [-0.1, -0.05) is 32.0 Å². The zero-order chi connectivity index (χ0) is 14.8.